The van der Waals surface area contributed by atoms with Crippen molar-refractivity contribution in [3.63, 3.8) is 0 Å². The lowest BCUT2D eigenvalue weighted by Gasteiger charge is -2.35. The van der Waals surface area contributed by atoms with Crippen molar-refractivity contribution in [1.82, 2.24) is 5.06 Å². The smallest absolute Gasteiger partial charge is 0.351 e. The molecule has 0 aliphatic carbocycles. The van der Waals surface area contributed by atoms with E-state index in [2.05, 4.69) is 0 Å². The summed E-state index contributed by atoms with van der Waals surface area (Å²) in [7, 11) is 0. The molecule has 3 saturated heterocycles. The number of hydrogen-bond acceptors (Lipinski definition) is 8. The largest absolute Gasteiger partial charge is 0.406 e. The second-order valence-corrected chi connectivity index (χ2v) is 4.63. The fourth-order valence-electron chi connectivity index (χ4n) is 2.37. The van der Waals surface area contributed by atoms with E-state index in [-0.39, 0.29) is 6.42 Å². The van der Waals surface area contributed by atoms with Crippen LogP contribution in [-0.2, 0) is 28.7 Å². The quantitative estimate of drug-likeness (QED) is 0.541. The van der Waals surface area contributed by atoms with Crippen LogP contribution in [0.4, 0.5) is 0 Å². The molecule has 0 radical (unpaired) electrons. The highest BCUT2D eigenvalue weighted by atomic mass is 16.8. The fraction of sp³-hybridized carbons (Fsp3) is 0.700. The summed E-state index contributed by atoms with van der Waals surface area (Å²) in [6.45, 7) is 0.296. The number of esters is 2. The first-order chi connectivity index (χ1) is 8.43. The lowest BCUT2D eigenvalue weighted by atomic mass is 9.96. The van der Waals surface area contributed by atoms with Gasteiger partial charge in [0, 0.05) is 13.0 Å². The maximum absolute atomic E-state index is 11.9. The Morgan fingerprint density at radius 3 is 2.61 bits per heavy atom. The number of hydroxylamine groups is 2. The minimum Gasteiger partial charge on any atom is -0.406 e. The van der Waals surface area contributed by atoms with Crippen LogP contribution >= 0.6 is 0 Å². The molecule has 2 atom stereocenters. The second-order valence-electron chi connectivity index (χ2n) is 4.63. The Bertz CT molecular complexity index is 446. The number of carbonyl (C=O) groups excluding carboxylic acids is 3. The molecule has 8 nitrogen and oxygen atoms in total. The average molecular weight is 257 g/mol. The maximum atomic E-state index is 11.9. The van der Waals surface area contributed by atoms with Crippen LogP contribution in [0, 0.1) is 0 Å². The van der Waals surface area contributed by atoms with Gasteiger partial charge in [-0.1, -0.05) is 5.06 Å². The summed E-state index contributed by atoms with van der Waals surface area (Å²) in [5, 5.41) is 11.1. The summed E-state index contributed by atoms with van der Waals surface area (Å²) in [5.41, 5.74) is -2.20. The molecule has 3 fully saturated rings. The third-order valence-corrected chi connectivity index (χ3v) is 3.22. The molecular weight excluding hydrogens is 246 g/mol. The first kappa shape index (κ1) is 11.4. The van der Waals surface area contributed by atoms with Gasteiger partial charge >= 0.3 is 23.8 Å². The molecule has 0 saturated carbocycles. The Hall–Kier alpha value is -1.67. The van der Waals surface area contributed by atoms with Crippen molar-refractivity contribution in [2.24, 2.45) is 0 Å². The van der Waals surface area contributed by atoms with Crippen molar-refractivity contribution in [3.8, 4) is 0 Å². The number of nitrogens with zero attached hydrogens (tertiary/aromatic N) is 1. The van der Waals surface area contributed by atoms with E-state index in [1.807, 2.05) is 0 Å². The summed E-state index contributed by atoms with van der Waals surface area (Å²) < 4.78 is 10.1. The van der Waals surface area contributed by atoms with Gasteiger partial charge in [0.05, 0.1) is 12.8 Å². The average Bonchev–Trinajstić information content (AvgIpc) is 2.55. The van der Waals surface area contributed by atoms with E-state index in [4.69, 9.17) is 14.3 Å². The summed E-state index contributed by atoms with van der Waals surface area (Å²) in [6, 6.07) is 0. The Kier molecular flexibility index (Phi) is 2.17. The van der Waals surface area contributed by atoms with E-state index >= 15 is 0 Å². The molecule has 0 aromatic rings. The standard InChI is InChI=1S/C10H11NO7/c12-6-4-9(15)5-7(13)18-11-3-1-2-10(11,16-6)17-8(9)14/h15H,1-5H2. The molecule has 18 heavy (non-hydrogen) atoms. The molecule has 1 N–H and O–H groups in total. The highest BCUT2D eigenvalue weighted by molar-refractivity contribution is 5.91. The van der Waals surface area contributed by atoms with Gasteiger partial charge < -0.3 is 19.4 Å². The van der Waals surface area contributed by atoms with Gasteiger partial charge in [0.25, 0.3) is 0 Å². The zero-order valence-corrected chi connectivity index (χ0v) is 9.38. The zero-order chi connectivity index (χ0) is 13.0. The molecule has 8 heteroatoms. The van der Waals surface area contributed by atoms with Crippen LogP contribution in [0.25, 0.3) is 0 Å². The number of fused-ring (bicyclic) bond motifs is 2. The molecule has 2 unspecified atom stereocenters. The number of aliphatic hydroxyl groups is 1. The first-order valence-electron chi connectivity index (χ1n) is 5.60. The lowest BCUT2D eigenvalue weighted by Crippen LogP contribution is -2.54. The molecule has 3 rings (SSSR count). The number of carbonyl (C=O) groups is 3. The second kappa shape index (κ2) is 3.42. The Balaban J connectivity index is 2.09. The molecule has 3 aliphatic rings. The van der Waals surface area contributed by atoms with Crippen molar-refractivity contribution in [1.29, 1.82) is 0 Å². The molecule has 0 aromatic heterocycles. The number of hydrogen-bond donors (Lipinski definition) is 1. The van der Waals surface area contributed by atoms with E-state index < -0.39 is 42.3 Å². The van der Waals surface area contributed by atoms with Gasteiger partial charge in [-0.2, -0.15) is 0 Å². The maximum Gasteiger partial charge on any atom is 0.351 e. The van der Waals surface area contributed by atoms with Crippen LogP contribution in [0.15, 0.2) is 0 Å². The third kappa shape index (κ3) is 1.49. The minimum absolute atomic E-state index is 0.202. The summed E-state index contributed by atoms with van der Waals surface area (Å²) in [6.07, 6.45) is -0.510. The molecule has 0 aromatic carbocycles. The predicted molar refractivity (Wildman–Crippen MR) is 51.1 cm³/mol. The van der Waals surface area contributed by atoms with Gasteiger partial charge in [0.15, 0.2) is 5.60 Å². The molecule has 3 aliphatic heterocycles. The molecule has 0 amide bonds. The topological polar surface area (TPSA) is 102 Å². The van der Waals surface area contributed by atoms with E-state index in [1.54, 1.807) is 0 Å². The van der Waals surface area contributed by atoms with E-state index in [0.717, 1.165) is 5.06 Å². The van der Waals surface area contributed by atoms with Crippen LogP contribution in [0.5, 0.6) is 0 Å². The number of ether oxygens (including phenoxy) is 2. The lowest BCUT2D eigenvalue weighted by molar-refractivity contribution is -0.353. The minimum atomic E-state index is -2.20. The van der Waals surface area contributed by atoms with Crippen LogP contribution in [0.2, 0.25) is 0 Å². The van der Waals surface area contributed by atoms with Crippen LogP contribution in [-0.4, -0.2) is 46.1 Å². The number of rotatable bonds is 0. The molecule has 3 heterocycles. The Morgan fingerprint density at radius 1 is 1.11 bits per heavy atom. The Morgan fingerprint density at radius 2 is 1.83 bits per heavy atom. The Labute approximate surface area is 101 Å². The monoisotopic (exact) mass is 257 g/mol. The van der Waals surface area contributed by atoms with Crippen molar-refractivity contribution in [3.05, 3.63) is 0 Å². The van der Waals surface area contributed by atoms with E-state index in [9.17, 15) is 19.5 Å². The van der Waals surface area contributed by atoms with Gasteiger partial charge in [0.2, 0.25) is 0 Å². The van der Waals surface area contributed by atoms with Gasteiger partial charge in [-0.25, -0.2) is 4.79 Å². The molecule has 1 spiro atoms. The van der Waals surface area contributed by atoms with Crippen molar-refractivity contribution >= 4 is 17.9 Å². The van der Waals surface area contributed by atoms with Crippen molar-refractivity contribution < 1.29 is 33.8 Å². The molecule has 2 bridgehead atoms. The summed E-state index contributed by atoms with van der Waals surface area (Å²) in [5.74, 6) is -4.33. The predicted octanol–water partition coefficient (Wildman–Crippen LogP) is -1.18. The van der Waals surface area contributed by atoms with Crippen LogP contribution in [0.3, 0.4) is 0 Å². The first-order valence-corrected chi connectivity index (χ1v) is 5.60. The van der Waals surface area contributed by atoms with Gasteiger partial charge in [-0.3, -0.25) is 9.59 Å². The molecule has 98 valence electrons. The zero-order valence-electron chi connectivity index (χ0n) is 9.38. The molecular formula is C10H11NO7. The van der Waals surface area contributed by atoms with Crippen molar-refractivity contribution in [2.75, 3.05) is 6.54 Å². The normalized spacial score (nSPS) is 40.2. The van der Waals surface area contributed by atoms with Gasteiger partial charge in [-0.05, 0) is 6.42 Å². The van der Waals surface area contributed by atoms with E-state index in [0.29, 0.717) is 13.0 Å². The van der Waals surface area contributed by atoms with E-state index in [1.165, 1.54) is 0 Å². The van der Waals surface area contributed by atoms with Gasteiger partial charge in [0.1, 0.15) is 0 Å². The highest BCUT2D eigenvalue weighted by Gasteiger charge is 2.60. The fourth-order valence-corrected chi connectivity index (χ4v) is 2.37. The van der Waals surface area contributed by atoms with Gasteiger partial charge in [-0.15, -0.1) is 0 Å². The van der Waals surface area contributed by atoms with Crippen LogP contribution in [0.1, 0.15) is 25.7 Å². The van der Waals surface area contributed by atoms with Crippen molar-refractivity contribution in [2.45, 2.75) is 37.2 Å². The SMILES string of the molecule is O=C1CC2(O)CC(=O)OC3(CCCN3O1)OC2=O. The van der Waals surface area contributed by atoms with Crippen LogP contribution < -0.4 is 0 Å². The summed E-state index contributed by atoms with van der Waals surface area (Å²) in [4.78, 5) is 40.0. The highest BCUT2D eigenvalue weighted by Crippen LogP contribution is 2.39. The third-order valence-electron chi connectivity index (χ3n) is 3.22. The summed E-state index contributed by atoms with van der Waals surface area (Å²) >= 11 is 0.